The monoisotopic (exact) mass is 260 g/mol. The second-order valence-corrected chi connectivity index (χ2v) is 6.70. The summed E-state index contributed by atoms with van der Waals surface area (Å²) in [6.45, 7) is 7.78. The second-order valence-electron chi connectivity index (χ2n) is 6.70. The van der Waals surface area contributed by atoms with Gasteiger partial charge in [-0.05, 0) is 37.5 Å². The van der Waals surface area contributed by atoms with Crippen LogP contribution in [0.3, 0.4) is 0 Å². The first-order valence-corrected chi connectivity index (χ1v) is 7.31. The molecule has 1 aromatic rings. The average molecular weight is 260 g/mol. The van der Waals surface area contributed by atoms with Crippen LogP contribution in [0.15, 0.2) is 0 Å². The van der Waals surface area contributed by atoms with Gasteiger partial charge in [0.1, 0.15) is 17.5 Å². The number of aromatic nitrogens is 2. The smallest absolute Gasteiger partial charge is 0.136 e. The summed E-state index contributed by atoms with van der Waals surface area (Å²) in [5, 5.41) is 6.72. The standard InChI is InChI=1S/C15H24N4/c1-9-12(16-4)18-14(10-5-6-10)19-13(9)17-8-11-7-15(11,2)3/h10-11H,5-8H2,1-4H3,(H2,16,17,18,19). The maximum Gasteiger partial charge on any atom is 0.136 e. The van der Waals surface area contributed by atoms with Crippen molar-refractivity contribution in [2.75, 3.05) is 24.2 Å². The molecular weight excluding hydrogens is 236 g/mol. The first kappa shape index (κ1) is 12.7. The molecule has 2 N–H and O–H groups in total. The lowest BCUT2D eigenvalue weighted by molar-refractivity contribution is 0.572. The molecule has 0 spiro atoms. The zero-order valence-corrected chi connectivity index (χ0v) is 12.4. The van der Waals surface area contributed by atoms with Gasteiger partial charge in [-0.1, -0.05) is 13.8 Å². The molecule has 1 heterocycles. The molecule has 0 aromatic carbocycles. The van der Waals surface area contributed by atoms with Gasteiger partial charge in [-0.15, -0.1) is 0 Å². The van der Waals surface area contributed by atoms with Crippen molar-refractivity contribution in [1.82, 2.24) is 9.97 Å². The van der Waals surface area contributed by atoms with E-state index in [2.05, 4.69) is 36.4 Å². The quantitative estimate of drug-likeness (QED) is 0.854. The van der Waals surface area contributed by atoms with E-state index >= 15 is 0 Å². The molecule has 2 saturated carbocycles. The molecule has 2 aliphatic carbocycles. The Hall–Kier alpha value is -1.32. The molecule has 3 rings (SSSR count). The van der Waals surface area contributed by atoms with Gasteiger partial charge in [0.25, 0.3) is 0 Å². The Balaban J connectivity index is 1.76. The van der Waals surface area contributed by atoms with Crippen LogP contribution in [0.2, 0.25) is 0 Å². The summed E-state index contributed by atoms with van der Waals surface area (Å²) in [4.78, 5) is 9.35. The van der Waals surface area contributed by atoms with E-state index in [1.165, 1.54) is 19.3 Å². The summed E-state index contributed by atoms with van der Waals surface area (Å²) in [7, 11) is 1.93. The van der Waals surface area contributed by atoms with Gasteiger partial charge in [0.15, 0.2) is 0 Å². The topological polar surface area (TPSA) is 49.8 Å². The molecular formula is C15H24N4. The molecule has 2 aliphatic rings. The molecule has 1 unspecified atom stereocenters. The van der Waals surface area contributed by atoms with Crippen LogP contribution in [0.4, 0.5) is 11.6 Å². The van der Waals surface area contributed by atoms with Crippen molar-refractivity contribution in [2.45, 2.75) is 46.0 Å². The lowest BCUT2D eigenvalue weighted by Crippen LogP contribution is -2.12. The van der Waals surface area contributed by atoms with E-state index in [1.807, 2.05) is 7.05 Å². The van der Waals surface area contributed by atoms with Crippen molar-refractivity contribution in [3.63, 3.8) is 0 Å². The van der Waals surface area contributed by atoms with Crippen molar-refractivity contribution < 1.29 is 0 Å². The highest BCUT2D eigenvalue weighted by Gasteiger charge is 2.45. The molecule has 104 valence electrons. The first-order chi connectivity index (χ1) is 9.01. The molecule has 0 radical (unpaired) electrons. The van der Waals surface area contributed by atoms with E-state index in [1.54, 1.807) is 0 Å². The van der Waals surface area contributed by atoms with E-state index < -0.39 is 0 Å². The average Bonchev–Trinajstić information content (AvgIpc) is 3.26. The van der Waals surface area contributed by atoms with Crippen LogP contribution < -0.4 is 10.6 Å². The fourth-order valence-electron chi connectivity index (χ4n) is 2.62. The Kier molecular flexibility index (Phi) is 2.91. The maximum atomic E-state index is 4.73. The molecule has 0 aliphatic heterocycles. The molecule has 0 saturated heterocycles. The highest BCUT2D eigenvalue weighted by atomic mass is 15.1. The van der Waals surface area contributed by atoms with Crippen molar-refractivity contribution >= 4 is 11.6 Å². The normalized spacial score (nSPS) is 24.1. The lowest BCUT2D eigenvalue weighted by Gasteiger charge is -2.14. The SMILES string of the molecule is CNc1nc(C2CC2)nc(NCC2CC2(C)C)c1C. The van der Waals surface area contributed by atoms with Crippen molar-refractivity contribution in [2.24, 2.45) is 11.3 Å². The molecule has 0 amide bonds. The molecule has 4 nitrogen and oxygen atoms in total. The number of nitrogens with one attached hydrogen (secondary N) is 2. The van der Waals surface area contributed by atoms with E-state index in [4.69, 9.17) is 4.98 Å². The van der Waals surface area contributed by atoms with E-state index in [9.17, 15) is 0 Å². The largest absolute Gasteiger partial charge is 0.373 e. The fourth-order valence-corrected chi connectivity index (χ4v) is 2.62. The van der Waals surface area contributed by atoms with Crippen molar-refractivity contribution in [3.05, 3.63) is 11.4 Å². The summed E-state index contributed by atoms with van der Waals surface area (Å²) in [6, 6.07) is 0. The summed E-state index contributed by atoms with van der Waals surface area (Å²) in [6.07, 6.45) is 3.79. The zero-order valence-electron chi connectivity index (χ0n) is 12.4. The Bertz CT molecular complexity index is 491. The van der Waals surface area contributed by atoms with E-state index in [0.29, 0.717) is 11.3 Å². The van der Waals surface area contributed by atoms with Crippen LogP contribution in [0.1, 0.15) is 50.4 Å². The summed E-state index contributed by atoms with van der Waals surface area (Å²) in [5.74, 6) is 4.36. The number of nitrogens with zero attached hydrogens (tertiary/aromatic N) is 2. The molecule has 0 bridgehead atoms. The third kappa shape index (κ3) is 2.53. The Morgan fingerprint density at radius 1 is 1.21 bits per heavy atom. The minimum Gasteiger partial charge on any atom is -0.373 e. The molecule has 1 atom stereocenters. The Morgan fingerprint density at radius 3 is 2.37 bits per heavy atom. The molecule has 19 heavy (non-hydrogen) atoms. The van der Waals surface area contributed by atoms with E-state index in [0.717, 1.165) is 35.5 Å². The minimum atomic E-state index is 0.513. The second kappa shape index (κ2) is 4.36. The van der Waals surface area contributed by atoms with Crippen LogP contribution in [0.5, 0.6) is 0 Å². The number of anilines is 2. The van der Waals surface area contributed by atoms with E-state index in [-0.39, 0.29) is 0 Å². The van der Waals surface area contributed by atoms with Crippen LogP contribution in [0, 0.1) is 18.3 Å². The van der Waals surface area contributed by atoms with Gasteiger partial charge >= 0.3 is 0 Å². The van der Waals surface area contributed by atoms with Gasteiger partial charge in [-0.2, -0.15) is 0 Å². The fraction of sp³-hybridized carbons (Fsp3) is 0.733. The number of rotatable bonds is 5. The summed E-state index contributed by atoms with van der Waals surface area (Å²) in [5.41, 5.74) is 1.64. The van der Waals surface area contributed by atoms with Gasteiger partial charge in [-0.3, -0.25) is 0 Å². The van der Waals surface area contributed by atoms with Crippen LogP contribution in [-0.4, -0.2) is 23.6 Å². The minimum absolute atomic E-state index is 0.513. The summed E-state index contributed by atoms with van der Waals surface area (Å²) >= 11 is 0. The third-order valence-electron chi connectivity index (χ3n) is 4.58. The maximum absolute atomic E-state index is 4.73. The zero-order chi connectivity index (χ0) is 13.6. The Morgan fingerprint density at radius 2 is 1.84 bits per heavy atom. The Labute approximate surface area is 115 Å². The van der Waals surface area contributed by atoms with Crippen molar-refractivity contribution in [1.29, 1.82) is 0 Å². The van der Waals surface area contributed by atoms with Gasteiger partial charge in [0.05, 0.1) is 0 Å². The van der Waals surface area contributed by atoms with Gasteiger partial charge in [-0.25, -0.2) is 9.97 Å². The first-order valence-electron chi connectivity index (χ1n) is 7.31. The number of hydrogen-bond donors (Lipinski definition) is 2. The van der Waals surface area contributed by atoms with Crippen molar-refractivity contribution in [3.8, 4) is 0 Å². The third-order valence-corrected chi connectivity index (χ3v) is 4.58. The highest BCUT2D eigenvalue weighted by molar-refractivity contribution is 5.57. The van der Waals surface area contributed by atoms with Crippen LogP contribution in [0.25, 0.3) is 0 Å². The summed E-state index contributed by atoms with van der Waals surface area (Å²) < 4.78 is 0. The lowest BCUT2D eigenvalue weighted by atomic mass is 10.1. The van der Waals surface area contributed by atoms with Crippen LogP contribution in [-0.2, 0) is 0 Å². The van der Waals surface area contributed by atoms with Gasteiger partial charge in [0, 0.05) is 25.1 Å². The van der Waals surface area contributed by atoms with Gasteiger partial charge < -0.3 is 10.6 Å². The number of hydrogen-bond acceptors (Lipinski definition) is 4. The van der Waals surface area contributed by atoms with Crippen LogP contribution >= 0.6 is 0 Å². The van der Waals surface area contributed by atoms with Gasteiger partial charge in [0.2, 0.25) is 0 Å². The predicted octanol–water partition coefficient (Wildman–Crippen LogP) is 3.16. The molecule has 2 fully saturated rings. The highest BCUT2D eigenvalue weighted by Crippen LogP contribution is 2.51. The molecule has 1 aromatic heterocycles. The molecule has 4 heteroatoms. The predicted molar refractivity (Wildman–Crippen MR) is 78.7 cm³/mol.